The Morgan fingerprint density at radius 2 is 1.45 bits per heavy atom. The van der Waals surface area contributed by atoms with E-state index < -0.39 is 0 Å². The molecular formula is C31H35N7O2. The summed E-state index contributed by atoms with van der Waals surface area (Å²) in [6.07, 6.45) is 4.51. The molecule has 2 N–H and O–H groups in total. The van der Waals surface area contributed by atoms with Crippen LogP contribution in [0, 0.1) is 0 Å². The topological polar surface area (TPSA) is 94.6 Å². The van der Waals surface area contributed by atoms with Crippen LogP contribution in [0.4, 0.5) is 23.1 Å². The Kier molecular flexibility index (Phi) is 7.72. The Bertz CT molecular complexity index is 1550. The first kappa shape index (κ1) is 26.8. The van der Waals surface area contributed by atoms with Gasteiger partial charge in [0.1, 0.15) is 28.7 Å². The summed E-state index contributed by atoms with van der Waals surface area (Å²) < 4.78 is 12.7. The average Bonchev–Trinajstić information content (AvgIpc) is 3.37. The summed E-state index contributed by atoms with van der Waals surface area (Å²) in [5.41, 5.74) is 12.4. The van der Waals surface area contributed by atoms with Crippen molar-refractivity contribution in [3.05, 3.63) is 89.9 Å². The Labute approximate surface area is 234 Å². The molecule has 9 heteroatoms. The molecule has 0 saturated carbocycles. The van der Waals surface area contributed by atoms with Crippen LogP contribution in [-0.2, 0) is 26.6 Å². The highest BCUT2D eigenvalue weighted by molar-refractivity contribution is 5.88. The number of nitrogens with two attached hydrogens (primary N) is 1. The van der Waals surface area contributed by atoms with Gasteiger partial charge < -0.3 is 29.6 Å². The largest absolute Gasteiger partial charge is 0.497 e. The molecule has 0 aliphatic heterocycles. The SMILES string of the molecule is CCc1cc(N(Cc2ccc(OC)cc2)Cc2ccc(OC)cc2)ncc1N(C)c1cc2c(ncn2C)c(N)n1. The number of ether oxygens (including phenoxy) is 2. The molecule has 0 amide bonds. The number of pyridine rings is 2. The Hall–Kier alpha value is -4.79. The summed E-state index contributed by atoms with van der Waals surface area (Å²) in [4.78, 5) is 18.3. The van der Waals surface area contributed by atoms with Gasteiger partial charge in [-0.2, -0.15) is 0 Å². The molecule has 2 aromatic carbocycles. The number of aromatic nitrogens is 4. The predicted molar refractivity (Wildman–Crippen MR) is 160 cm³/mol. The van der Waals surface area contributed by atoms with Gasteiger partial charge in [0.2, 0.25) is 0 Å². The first-order chi connectivity index (χ1) is 19.4. The lowest BCUT2D eigenvalue weighted by Crippen LogP contribution is -2.24. The van der Waals surface area contributed by atoms with Crippen molar-refractivity contribution in [1.29, 1.82) is 0 Å². The summed E-state index contributed by atoms with van der Waals surface area (Å²) in [5, 5.41) is 0. The molecule has 5 aromatic rings. The minimum Gasteiger partial charge on any atom is -0.497 e. The maximum Gasteiger partial charge on any atom is 0.154 e. The van der Waals surface area contributed by atoms with Crippen LogP contribution in [0.15, 0.2) is 73.2 Å². The first-order valence-electron chi connectivity index (χ1n) is 13.2. The predicted octanol–water partition coefficient (Wildman–Crippen LogP) is 5.50. The van der Waals surface area contributed by atoms with Crippen molar-refractivity contribution >= 4 is 34.2 Å². The van der Waals surface area contributed by atoms with Crippen LogP contribution < -0.4 is 25.0 Å². The third-order valence-corrected chi connectivity index (χ3v) is 7.15. The van der Waals surface area contributed by atoms with E-state index in [1.54, 1.807) is 20.5 Å². The van der Waals surface area contributed by atoms with Gasteiger partial charge in [0.25, 0.3) is 0 Å². The van der Waals surface area contributed by atoms with E-state index >= 15 is 0 Å². The number of benzene rings is 2. The number of nitrogen functional groups attached to an aromatic ring is 1. The second kappa shape index (κ2) is 11.5. The van der Waals surface area contributed by atoms with E-state index in [2.05, 4.69) is 52.1 Å². The minimum absolute atomic E-state index is 0.410. The maximum atomic E-state index is 6.25. The van der Waals surface area contributed by atoms with Crippen LogP contribution >= 0.6 is 0 Å². The standard InChI is InChI=1S/C31H35N7O2/c1-6-23-15-28(33-17-27(23)37(3)29-16-26-30(31(32)35-29)34-20-36(26)2)38(18-21-7-11-24(39-4)12-8-21)19-22-9-13-25(40-5)14-10-22/h7-17,20H,6,18-19H2,1-5H3,(H2,32,35). The summed E-state index contributed by atoms with van der Waals surface area (Å²) in [5.74, 6) is 3.72. The number of rotatable bonds is 10. The smallest absolute Gasteiger partial charge is 0.154 e. The van der Waals surface area contributed by atoms with E-state index in [1.165, 1.54) is 11.1 Å². The lowest BCUT2D eigenvalue weighted by Gasteiger charge is -2.27. The Morgan fingerprint density at radius 1 is 0.850 bits per heavy atom. The molecule has 0 radical (unpaired) electrons. The fourth-order valence-electron chi connectivity index (χ4n) is 4.79. The maximum absolute atomic E-state index is 6.25. The van der Waals surface area contributed by atoms with Crippen LogP contribution in [-0.4, -0.2) is 40.8 Å². The number of nitrogens with zero attached hydrogens (tertiary/aromatic N) is 6. The van der Waals surface area contributed by atoms with Crippen LogP contribution in [0.2, 0.25) is 0 Å². The fourth-order valence-corrected chi connectivity index (χ4v) is 4.79. The molecule has 0 fully saturated rings. The number of aryl methyl sites for hydroxylation is 2. The molecule has 0 saturated heterocycles. The summed E-state index contributed by atoms with van der Waals surface area (Å²) in [6.45, 7) is 3.53. The lowest BCUT2D eigenvalue weighted by molar-refractivity contribution is 0.414. The quantitative estimate of drug-likeness (QED) is 0.250. The third kappa shape index (κ3) is 5.49. The van der Waals surface area contributed by atoms with Gasteiger partial charge in [0.15, 0.2) is 5.82 Å². The second-order valence-electron chi connectivity index (χ2n) is 9.72. The summed E-state index contributed by atoms with van der Waals surface area (Å²) in [7, 11) is 7.30. The lowest BCUT2D eigenvalue weighted by atomic mass is 10.1. The highest BCUT2D eigenvalue weighted by Crippen LogP contribution is 2.32. The zero-order valence-corrected chi connectivity index (χ0v) is 23.6. The van der Waals surface area contributed by atoms with Crippen LogP contribution in [0.25, 0.3) is 11.0 Å². The van der Waals surface area contributed by atoms with Gasteiger partial charge in [0, 0.05) is 33.3 Å². The third-order valence-electron chi connectivity index (χ3n) is 7.15. The van der Waals surface area contributed by atoms with Gasteiger partial charge >= 0.3 is 0 Å². The van der Waals surface area contributed by atoms with Gasteiger partial charge in [-0.3, -0.25) is 0 Å². The molecule has 206 valence electrons. The zero-order chi connectivity index (χ0) is 28.2. The summed E-state index contributed by atoms with van der Waals surface area (Å²) >= 11 is 0. The number of hydrogen-bond acceptors (Lipinski definition) is 8. The first-order valence-corrected chi connectivity index (χ1v) is 13.2. The average molecular weight is 538 g/mol. The number of hydrogen-bond donors (Lipinski definition) is 1. The number of anilines is 4. The number of methoxy groups -OCH3 is 2. The molecule has 0 bridgehead atoms. The molecule has 5 rings (SSSR count). The van der Waals surface area contributed by atoms with Crippen LogP contribution in [0.3, 0.4) is 0 Å². The monoisotopic (exact) mass is 537 g/mol. The molecule has 3 heterocycles. The molecule has 0 spiro atoms. The van der Waals surface area contributed by atoms with Crippen LogP contribution in [0.5, 0.6) is 11.5 Å². The molecule has 0 unspecified atom stereocenters. The minimum atomic E-state index is 0.410. The van der Waals surface area contributed by atoms with Gasteiger partial charge in [-0.1, -0.05) is 31.2 Å². The molecule has 9 nitrogen and oxygen atoms in total. The van der Waals surface area contributed by atoms with E-state index in [9.17, 15) is 0 Å². The van der Waals surface area contributed by atoms with Crippen molar-refractivity contribution in [3.63, 3.8) is 0 Å². The second-order valence-corrected chi connectivity index (χ2v) is 9.72. The molecule has 0 aliphatic rings. The van der Waals surface area contributed by atoms with Crippen molar-refractivity contribution in [1.82, 2.24) is 19.5 Å². The van der Waals surface area contributed by atoms with E-state index in [0.29, 0.717) is 24.4 Å². The van der Waals surface area contributed by atoms with Crippen molar-refractivity contribution in [3.8, 4) is 11.5 Å². The Balaban J connectivity index is 1.49. The van der Waals surface area contributed by atoms with Crippen LogP contribution in [0.1, 0.15) is 23.6 Å². The van der Waals surface area contributed by atoms with Gasteiger partial charge in [-0.25, -0.2) is 15.0 Å². The highest BCUT2D eigenvalue weighted by Gasteiger charge is 2.18. The van der Waals surface area contributed by atoms with Crippen molar-refractivity contribution in [2.24, 2.45) is 7.05 Å². The molecular weight excluding hydrogens is 502 g/mol. The molecule has 0 atom stereocenters. The molecule has 40 heavy (non-hydrogen) atoms. The van der Waals surface area contributed by atoms with Gasteiger partial charge in [0.05, 0.1) is 37.9 Å². The van der Waals surface area contributed by atoms with E-state index in [0.717, 1.165) is 46.3 Å². The summed E-state index contributed by atoms with van der Waals surface area (Å²) in [6, 6.07) is 20.5. The normalized spacial score (nSPS) is 11.0. The van der Waals surface area contributed by atoms with E-state index in [4.69, 9.17) is 20.2 Å². The number of imidazole rings is 1. The van der Waals surface area contributed by atoms with E-state index in [1.807, 2.05) is 60.1 Å². The number of fused-ring (bicyclic) bond motifs is 1. The van der Waals surface area contributed by atoms with Crippen molar-refractivity contribution in [2.75, 3.05) is 36.8 Å². The van der Waals surface area contributed by atoms with Gasteiger partial charge in [-0.15, -0.1) is 0 Å². The molecule has 0 aliphatic carbocycles. The van der Waals surface area contributed by atoms with Crippen molar-refractivity contribution < 1.29 is 9.47 Å². The Morgan fingerprint density at radius 3 is 2.00 bits per heavy atom. The van der Waals surface area contributed by atoms with Crippen molar-refractivity contribution in [2.45, 2.75) is 26.4 Å². The fraction of sp³-hybridized carbons (Fsp3) is 0.258. The highest BCUT2D eigenvalue weighted by atomic mass is 16.5. The zero-order valence-electron chi connectivity index (χ0n) is 23.6. The molecule has 3 aromatic heterocycles. The van der Waals surface area contributed by atoms with Gasteiger partial charge in [-0.05, 0) is 53.4 Å². The van der Waals surface area contributed by atoms with E-state index in [-0.39, 0.29) is 0 Å².